The Balaban J connectivity index is 1.72. The molecule has 3 aromatic carbocycles. The molecule has 0 spiro atoms. The van der Waals surface area contributed by atoms with Crippen LogP contribution in [0.2, 0.25) is 0 Å². The summed E-state index contributed by atoms with van der Waals surface area (Å²) in [6, 6.07) is 6.54. The van der Waals surface area contributed by atoms with Crippen molar-refractivity contribution in [1.29, 1.82) is 0 Å². The molecule has 456 valence electrons. The van der Waals surface area contributed by atoms with Gasteiger partial charge in [0.2, 0.25) is 65.0 Å². The number of carbonyl (C=O) groups is 12. The van der Waals surface area contributed by atoms with Crippen LogP contribution < -0.4 is 65.1 Å². The highest BCUT2D eigenvalue weighted by Crippen LogP contribution is 2.16. The zero-order valence-electron chi connectivity index (χ0n) is 46.4. The quantitative estimate of drug-likeness (QED) is 0.0485. The first-order valence-electron chi connectivity index (χ1n) is 27.3. The van der Waals surface area contributed by atoms with E-state index < -0.39 is 157 Å². The van der Waals surface area contributed by atoms with Gasteiger partial charge in [0.05, 0.1) is 26.1 Å². The van der Waals surface area contributed by atoms with E-state index in [-0.39, 0.29) is 50.7 Å². The van der Waals surface area contributed by atoms with E-state index in [9.17, 15) is 78.0 Å². The first-order valence-corrected chi connectivity index (χ1v) is 27.3. The molecule has 4 unspecified atom stereocenters. The number of rotatable bonds is 21. The van der Waals surface area contributed by atoms with Gasteiger partial charge in [-0.1, -0.05) is 111 Å². The lowest BCUT2D eigenvalue weighted by molar-refractivity contribution is -0.142. The minimum Gasteiger partial charge on any atom is -0.508 e. The molecule has 1 aliphatic heterocycles. The maximum absolute atomic E-state index is 14.6. The number of benzene rings is 3. The molecule has 19 N–H and O–H groups in total. The molecule has 0 radical (unpaired) electrons. The molecular weight excluding hydrogens is 1100 g/mol. The number of carboxylic acids is 1. The minimum absolute atomic E-state index is 0.0851. The number of amides is 11. The van der Waals surface area contributed by atoms with Gasteiger partial charge in [0.25, 0.3) is 0 Å². The van der Waals surface area contributed by atoms with Gasteiger partial charge >= 0.3 is 5.97 Å². The second-order valence-corrected chi connectivity index (χ2v) is 20.3. The summed E-state index contributed by atoms with van der Waals surface area (Å²) in [4.78, 5) is 162. The number of hydrogen-bond donors (Lipinski definition) is 16. The van der Waals surface area contributed by atoms with Crippen LogP contribution in [0.5, 0.6) is 5.75 Å². The second kappa shape index (κ2) is 34.4. The Morgan fingerprint density at radius 1 is 0.560 bits per heavy atom. The molecule has 10 atom stereocenters. The largest absolute Gasteiger partial charge is 0.508 e. The van der Waals surface area contributed by atoms with Crippen LogP contribution >= 0.6 is 0 Å². The number of aliphatic carboxylic acids is 1. The monoisotopic (exact) mass is 1170 g/mol. The standard InChI is InChI=1S/C56H76N12O16/c1-31(47(74)67-43(56(83)84)26-33-16-10-7-11-17-33)60-49(76)37-18-12-4-2-3-5-13-19-38(62-53(80)41(27-45(58)72)63-48(75)36(57)29-69)50(77)64-40(25-34-20-22-35(71)23-21-34)51(78)65-39(24-32-14-8-6-9-15-32)52(79)68-44(30-70)55(82)66-42(28-46(59)73)54(81)61-37/h6-11,14-17,20-23,31,36-44,69-71H,2-5,12-13,18-19,24-30,57H2,1H3,(H2,58,72)(H2,59,73)(H,60,76)(H,61,81)(H,62,80)(H,63,75)(H,64,77)(H,65,78)(H,66,82)(H,67,74)(H,68,79)(H,83,84)/t31-,36?,37?,38?,39-,40-,41-,42?,43-,44-/m0/s1. The van der Waals surface area contributed by atoms with Crippen LogP contribution in [0.4, 0.5) is 0 Å². The molecule has 0 saturated carbocycles. The summed E-state index contributed by atoms with van der Waals surface area (Å²) in [7, 11) is 0. The molecule has 84 heavy (non-hydrogen) atoms. The number of phenolic OH excluding ortho intramolecular Hbond substituents is 1. The molecule has 3 aromatic rings. The summed E-state index contributed by atoms with van der Waals surface area (Å²) in [6.45, 7) is -0.650. The van der Waals surface area contributed by atoms with Crippen molar-refractivity contribution in [3.8, 4) is 5.75 Å². The highest BCUT2D eigenvalue weighted by Gasteiger charge is 2.36. The summed E-state index contributed by atoms with van der Waals surface area (Å²) in [5.74, 6) is -12.8. The molecule has 1 saturated heterocycles. The molecule has 4 rings (SSSR count). The van der Waals surface area contributed by atoms with Crippen LogP contribution in [-0.2, 0) is 76.8 Å². The number of nitrogens with one attached hydrogen (secondary N) is 9. The molecule has 0 aliphatic carbocycles. The van der Waals surface area contributed by atoms with Crippen molar-refractivity contribution < 1.29 is 78.0 Å². The fourth-order valence-electron chi connectivity index (χ4n) is 8.81. The van der Waals surface area contributed by atoms with Crippen LogP contribution in [-0.4, -0.2) is 165 Å². The third-order valence-corrected chi connectivity index (χ3v) is 13.5. The van der Waals surface area contributed by atoms with E-state index in [0.29, 0.717) is 42.4 Å². The van der Waals surface area contributed by atoms with Crippen LogP contribution in [0.3, 0.4) is 0 Å². The topological polar surface area (TPSA) is 472 Å². The Bertz CT molecular complexity index is 2760. The van der Waals surface area contributed by atoms with Gasteiger partial charge in [-0.3, -0.25) is 52.7 Å². The normalized spacial score (nSPS) is 21.3. The van der Waals surface area contributed by atoms with Gasteiger partial charge in [0.1, 0.15) is 66.2 Å². The average molecular weight is 1170 g/mol. The van der Waals surface area contributed by atoms with Crippen molar-refractivity contribution in [3.05, 3.63) is 102 Å². The molecule has 1 fully saturated rings. The Labute approximate surface area is 483 Å². The van der Waals surface area contributed by atoms with E-state index in [4.69, 9.17) is 17.2 Å². The van der Waals surface area contributed by atoms with E-state index in [2.05, 4.69) is 47.9 Å². The highest BCUT2D eigenvalue weighted by atomic mass is 16.4. The number of hydrogen-bond acceptors (Lipinski definition) is 16. The summed E-state index contributed by atoms with van der Waals surface area (Å²) in [5.41, 5.74) is 18.0. The van der Waals surface area contributed by atoms with Crippen molar-refractivity contribution in [1.82, 2.24) is 47.9 Å². The van der Waals surface area contributed by atoms with Crippen molar-refractivity contribution >= 4 is 70.9 Å². The molecule has 1 aliphatic rings. The highest BCUT2D eigenvalue weighted by molar-refractivity contribution is 6.00. The lowest BCUT2D eigenvalue weighted by Crippen LogP contribution is -2.61. The van der Waals surface area contributed by atoms with Gasteiger partial charge in [-0.25, -0.2) is 4.79 Å². The third kappa shape index (κ3) is 23.1. The van der Waals surface area contributed by atoms with Crippen LogP contribution in [0, 0.1) is 0 Å². The molecule has 1 heterocycles. The van der Waals surface area contributed by atoms with E-state index in [1.807, 2.05) is 0 Å². The zero-order valence-corrected chi connectivity index (χ0v) is 46.4. The molecule has 28 heteroatoms. The molecular formula is C56H76N12O16. The van der Waals surface area contributed by atoms with Crippen LogP contribution in [0.15, 0.2) is 84.9 Å². The van der Waals surface area contributed by atoms with Crippen molar-refractivity contribution in [2.24, 2.45) is 17.2 Å². The summed E-state index contributed by atoms with van der Waals surface area (Å²) < 4.78 is 0. The van der Waals surface area contributed by atoms with E-state index >= 15 is 0 Å². The maximum Gasteiger partial charge on any atom is 0.326 e. The molecule has 28 nitrogen and oxygen atoms in total. The number of carboxylic acid groups (broad SMARTS) is 1. The smallest absolute Gasteiger partial charge is 0.326 e. The molecule has 11 amide bonds. The Kier molecular flexibility index (Phi) is 27.7. The zero-order chi connectivity index (χ0) is 61.9. The van der Waals surface area contributed by atoms with Crippen molar-refractivity contribution in [2.75, 3.05) is 13.2 Å². The van der Waals surface area contributed by atoms with Gasteiger partial charge in [0, 0.05) is 19.3 Å². The van der Waals surface area contributed by atoms with Crippen molar-refractivity contribution in [2.45, 2.75) is 151 Å². The van der Waals surface area contributed by atoms with Gasteiger partial charge in [-0.2, -0.15) is 0 Å². The number of primary amides is 2. The lowest BCUT2D eigenvalue weighted by Gasteiger charge is -2.28. The van der Waals surface area contributed by atoms with Crippen LogP contribution in [0.1, 0.15) is 87.8 Å². The predicted octanol–water partition coefficient (Wildman–Crippen LogP) is -3.92. The third-order valence-electron chi connectivity index (χ3n) is 13.5. The Morgan fingerprint density at radius 3 is 1.60 bits per heavy atom. The van der Waals surface area contributed by atoms with Gasteiger partial charge in [-0.15, -0.1) is 0 Å². The van der Waals surface area contributed by atoms with E-state index in [1.54, 1.807) is 60.7 Å². The second-order valence-electron chi connectivity index (χ2n) is 20.3. The number of aliphatic hydroxyl groups is 2. The number of nitrogens with two attached hydrogens (primary N) is 3. The van der Waals surface area contributed by atoms with E-state index in [0.717, 1.165) is 0 Å². The Hall–Kier alpha value is -9.02. The fraction of sp³-hybridized carbons (Fsp3) is 0.464. The summed E-state index contributed by atoms with van der Waals surface area (Å²) in [5, 5.41) is 61.9. The van der Waals surface area contributed by atoms with Crippen molar-refractivity contribution in [3.63, 3.8) is 0 Å². The fourth-order valence-corrected chi connectivity index (χ4v) is 8.81. The predicted molar refractivity (Wildman–Crippen MR) is 299 cm³/mol. The van der Waals surface area contributed by atoms with Gasteiger partial charge < -0.3 is 85.5 Å². The maximum atomic E-state index is 14.6. The lowest BCUT2D eigenvalue weighted by atomic mass is 10.00. The number of carbonyl (C=O) groups excluding carboxylic acids is 11. The number of phenols is 1. The molecule has 0 aromatic heterocycles. The summed E-state index contributed by atoms with van der Waals surface area (Å²) >= 11 is 0. The van der Waals surface area contributed by atoms with Gasteiger partial charge in [-0.05, 0) is 48.6 Å². The SMILES string of the molecule is C[C@H](NC(=O)C1CCCCCCCCC(NC(=O)[C@H](CC(N)=O)NC(=O)C(N)CO)C(=O)N[C@@H](Cc2ccc(O)cc2)C(=O)N[C@@H](Cc2ccccc2)C(=O)N[C@@H](CO)C(=O)NC(CC(N)=O)C(=O)N1)C(=O)N[C@@H](Cc1ccccc1)C(=O)O. The van der Waals surface area contributed by atoms with Crippen LogP contribution in [0.25, 0.3) is 0 Å². The first-order chi connectivity index (χ1) is 40.0. The minimum atomic E-state index is -1.88. The number of aromatic hydroxyl groups is 1. The Morgan fingerprint density at radius 2 is 1.05 bits per heavy atom. The van der Waals surface area contributed by atoms with E-state index in [1.165, 1.54) is 31.2 Å². The van der Waals surface area contributed by atoms with Gasteiger partial charge in [0.15, 0.2) is 0 Å². The first kappa shape index (κ1) is 67.5. The number of aliphatic hydroxyl groups excluding tert-OH is 2. The summed E-state index contributed by atoms with van der Waals surface area (Å²) in [6.07, 6.45) is -0.113. The average Bonchev–Trinajstić information content (AvgIpc) is 3.58. The molecule has 0 bridgehead atoms.